The van der Waals surface area contributed by atoms with Gasteiger partial charge < -0.3 is 10.0 Å². The first-order chi connectivity index (χ1) is 11.1. The van der Waals surface area contributed by atoms with Gasteiger partial charge in [0.05, 0.1) is 18.2 Å². The normalized spacial score (nSPS) is 15.1. The fraction of sp³-hybridized carbons (Fsp3) is 0.250. The highest BCUT2D eigenvalue weighted by atomic mass is 32.1. The van der Waals surface area contributed by atoms with Crippen LogP contribution in [0.5, 0.6) is 0 Å². The summed E-state index contributed by atoms with van der Waals surface area (Å²) in [6, 6.07) is 6.19. The van der Waals surface area contributed by atoms with E-state index < -0.39 is 0 Å². The number of hydrogen-bond donors (Lipinski definition) is 1. The van der Waals surface area contributed by atoms with Gasteiger partial charge >= 0.3 is 0 Å². The molecule has 1 amide bonds. The van der Waals surface area contributed by atoms with Crippen molar-refractivity contribution in [1.29, 1.82) is 0 Å². The molecule has 0 spiro atoms. The van der Waals surface area contributed by atoms with Crippen LogP contribution in [-0.4, -0.2) is 44.5 Å². The average Bonchev–Trinajstić information content (AvgIpc) is 3.07. The molecule has 3 aromatic rings. The number of rotatable bonds is 3. The molecule has 7 heteroatoms. The Labute approximate surface area is 135 Å². The molecule has 3 heterocycles. The van der Waals surface area contributed by atoms with Crippen LogP contribution in [0.3, 0.4) is 0 Å². The van der Waals surface area contributed by atoms with Crippen LogP contribution in [0, 0.1) is 5.82 Å². The number of nitrogens with zero attached hydrogens (tertiary/aromatic N) is 3. The van der Waals surface area contributed by atoms with Gasteiger partial charge in [0, 0.05) is 35.9 Å². The zero-order valence-corrected chi connectivity index (χ0v) is 13.0. The molecule has 2 aromatic heterocycles. The van der Waals surface area contributed by atoms with E-state index in [0.717, 1.165) is 21.9 Å². The fourth-order valence-corrected chi connectivity index (χ4v) is 3.51. The van der Waals surface area contributed by atoms with Crippen molar-refractivity contribution < 1.29 is 14.3 Å². The van der Waals surface area contributed by atoms with E-state index >= 15 is 0 Å². The largest absolute Gasteiger partial charge is 0.389 e. The molecule has 5 nitrogen and oxygen atoms in total. The molecule has 0 atom stereocenters. The molecule has 118 valence electrons. The number of carbonyl (C=O) groups is 1. The molecule has 1 aromatic carbocycles. The molecule has 0 bridgehead atoms. The predicted molar refractivity (Wildman–Crippen MR) is 84.8 cm³/mol. The summed E-state index contributed by atoms with van der Waals surface area (Å²) in [5.41, 5.74) is 2.47. The lowest BCUT2D eigenvalue weighted by Gasteiger charge is -2.35. The van der Waals surface area contributed by atoms with Gasteiger partial charge in [-0.15, -0.1) is 11.3 Å². The Morgan fingerprint density at radius 2 is 2.09 bits per heavy atom. The van der Waals surface area contributed by atoms with Crippen LogP contribution in [0.25, 0.3) is 16.2 Å². The maximum Gasteiger partial charge on any atom is 0.228 e. The average molecular weight is 331 g/mol. The molecule has 1 N–H and O–H groups in total. The molecule has 0 saturated carbocycles. The molecule has 1 aliphatic heterocycles. The van der Waals surface area contributed by atoms with E-state index in [1.54, 1.807) is 17.0 Å². The number of aliphatic hydroxyl groups is 1. The number of β-amino-alcohol motifs (C(OH)–C–C–N with tert-alkyl or cyclic N) is 1. The number of likely N-dealkylation sites (tertiary alicyclic amines) is 1. The molecule has 23 heavy (non-hydrogen) atoms. The van der Waals surface area contributed by atoms with Crippen molar-refractivity contribution in [3.63, 3.8) is 0 Å². The second kappa shape index (κ2) is 5.43. The first-order valence-electron chi connectivity index (χ1n) is 7.27. The lowest BCUT2D eigenvalue weighted by molar-refractivity contribution is -0.140. The third-order valence-electron chi connectivity index (χ3n) is 3.97. The van der Waals surface area contributed by atoms with E-state index in [0.29, 0.717) is 13.1 Å². The molecule has 0 radical (unpaired) electrons. The standard InChI is InChI=1S/C16H14FN3O2S/c17-11-3-1-10(2-4-11)14-8-20-12(9-23-16(20)18-14)5-15(22)19-6-13(21)7-19/h1-4,8-9,13,21H,5-7H2. The second-order valence-electron chi connectivity index (χ2n) is 5.64. The van der Waals surface area contributed by atoms with E-state index in [2.05, 4.69) is 4.98 Å². The summed E-state index contributed by atoms with van der Waals surface area (Å²) >= 11 is 1.47. The highest BCUT2D eigenvalue weighted by Crippen LogP contribution is 2.24. The zero-order valence-electron chi connectivity index (χ0n) is 12.1. The quantitative estimate of drug-likeness (QED) is 0.798. The zero-order chi connectivity index (χ0) is 16.0. The van der Waals surface area contributed by atoms with Gasteiger partial charge in [-0.1, -0.05) is 0 Å². The number of carbonyl (C=O) groups excluding carboxylic acids is 1. The van der Waals surface area contributed by atoms with Crippen molar-refractivity contribution in [2.45, 2.75) is 12.5 Å². The van der Waals surface area contributed by atoms with E-state index in [9.17, 15) is 14.3 Å². The Morgan fingerprint density at radius 3 is 2.78 bits per heavy atom. The maximum atomic E-state index is 13.0. The van der Waals surface area contributed by atoms with Gasteiger partial charge in [-0.25, -0.2) is 9.37 Å². The summed E-state index contributed by atoms with van der Waals surface area (Å²) in [4.78, 5) is 19.1. The number of aromatic nitrogens is 2. The summed E-state index contributed by atoms with van der Waals surface area (Å²) in [6.07, 6.45) is 1.76. The van der Waals surface area contributed by atoms with Gasteiger partial charge in [-0.2, -0.15) is 0 Å². The van der Waals surface area contributed by atoms with E-state index in [-0.39, 0.29) is 24.2 Å². The van der Waals surface area contributed by atoms with Crippen molar-refractivity contribution in [2.24, 2.45) is 0 Å². The lowest BCUT2D eigenvalue weighted by atomic mass is 10.1. The highest BCUT2D eigenvalue weighted by molar-refractivity contribution is 7.15. The SMILES string of the molecule is O=C(Cc1csc2nc(-c3ccc(F)cc3)cn12)N1CC(O)C1. The number of benzene rings is 1. The van der Waals surface area contributed by atoms with Crippen molar-refractivity contribution in [3.8, 4) is 11.3 Å². The number of fused-ring (bicyclic) bond motifs is 1. The minimum absolute atomic E-state index is 0.00651. The summed E-state index contributed by atoms with van der Waals surface area (Å²) in [5, 5.41) is 11.2. The Bertz CT molecular complexity index is 865. The minimum Gasteiger partial charge on any atom is -0.389 e. The number of imidazole rings is 1. The van der Waals surface area contributed by atoms with Gasteiger partial charge in [0.2, 0.25) is 5.91 Å². The van der Waals surface area contributed by atoms with E-state index in [1.165, 1.54) is 23.5 Å². The van der Waals surface area contributed by atoms with Crippen LogP contribution in [-0.2, 0) is 11.2 Å². The van der Waals surface area contributed by atoms with E-state index in [4.69, 9.17) is 0 Å². The Kier molecular flexibility index (Phi) is 3.39. The fourth-order valence-electron chi connectivity index (χ4n) is 2.64. The van der Waals surface area contributed by atoms with E-state index in [1.807, 2.05) is 16.0 Å². The molecular weight excluding hydrogens is 317 g/mol. The van der Waals surface area contributed by atoms with Crippen molar-refractivity contribution >= 4 is 22.2 Å². The first kappa shape index (κ1) is 14.3. The summed E-state index contributed by atoms with van der Waals surface area (Å²) < 4.78 is 14.9. The highest BCUT2D eigenvalue weighted by Gasteiger charge is 2.29. The number of thiazole rings is 1. The predicted octanol–water partition coefficient (Wildman–Crippen LogP) is 1.95. The molecule has 1 fully saturated rings. The number of hydrogen-bond acceptors (Lipinski definition) is 4. The lowest BCUT2D eigenvalue weighted by Crippen LogP contribution is -2.54. The molecule has 1 saturated heterocycles. The smallest absolute Gasteiger partial charge is 0.228 e. The third-order valence-corrected chi connectivity index (χ3v) is 4.86. The third kappa shape index (κ3) is 2.62. The van der Waals surface area contributed by atoms with Crippen LogP contribution >= 0.6 is 11.3 Å². The van der Waals surface area contributed by atoms with Gasteiger partial charge in [-0.3, -0.25) is 9.20 Å². The summed E-state index contributed by atoms with van der Waals surface area (Å²) in [6.45, 7) is 0.827. The maximum absolute atomic E-state index is 13.0. The van der Waals surface area contributed by atoms with Crippen LogP contribution in [0.2, 0.25) is 0 Å². The molecule has 1 aliphatic rings. The van der Waals surface area contributed by atoms with Crippen LogP contribution in [0.4, 0.5) is 4.39 Å². The van der Waals surface area contributed by atoms with Gasteiger partial charge in [0.1, 0.15) is 5.82 Å². The van der Waals surface area contributed by atoms with Crippen molar-refractivity contribution in [2.75, 3.05) is 13.1 Å². The molecule has 0 unspecified atom stereocenters. The van der Waals surface area contributed by atoms with Gasteiger partial charge in [0.15, 0.2) is 4.96 Å². The first-order valence-corrected chi connectivity index (χ1v) is 8.15. The van der Waals surface area contributed by atoms with Crippen LogP contribution in [0.1, 0.15) is 5.69 Å². The van der Waals surface area contributed by atoms with Crippen molar-refractivity contribution in [3.05, 3.63) is 47.4 Å². The Morgan fingerprint density at radius 1 is 1.35 bits per heavy atom. The summed E-state index contributed by atoms with van der Waals surface area (Å²) in [5.74, 6) is -0.273. The second-order valence-corrected chi connectivity index (χ2v) is 6.48. The molecule has 0 aliphatic carbocycles. The monoisotopic (exact) mass is 331 g/mol. The summed E-state index contributed by atoms with van der Waals surface area (Å²) in [7, 11) is 0. The van der Waals surface area contributed by atoms with Crippen LogP contribution in [0.15, 0.2) is 35.8 Å². The number of halogens is 1. The molecular formula is C16H14FN3O2S. The Balaban J connectivity index is 1.59. The van der Waals surface area contributed by atoms with Crippen LogP contribution < -0.4 is 0 Å². The van der Waals surface area contributed by atoms with Gasteiger partial charge in [0.25, 0.3) is 0 Å². The number of aliphatic hydroxyl groups excluding tert-OH is 1. The topological polar surface area (TPSA) is 57.8 Å². The molecule has 4 rings (SSSR count). The van der Waals surface area contributed by atoms with Crippen molar-refractivity contribution in [1.82, 2.24) is 14.3 Å². The van der Waals surface area contributed by atoms with Gasteiger partial charge in [-0.05, 0) is 24.3 Å². The number of amides is 1. The Hall–Kier alpha value is -2.25. The minimum atomic E-state index is -0.389.